The summed E-state index contributed by atoms with van der Waals surface area (Å²) in [5.74, 6) is 0.907. The summed E-state index contributed by atoms with van der Waals surface area (Å²) in [6.07, 6.45) is 4.38. The molecule has 1 aliphatic rings. The van der Waals surface area contributed by atoms with Gasteiger partial charge in [0.25, 0.3) is 0 Å². The molecule has 0 radical (unpaired) electrons. The highest BCUT2D eigenvalue weighted by atomic mass is 16.5. The van der Waals surface area contributed by atoms with Crippen molar-refractivity contribution in [3.63, 3.8) is 0 Å². The number of hydrogen-bond donors (Lipinski definition) is 1. The molecular weight excluding hydrogens is 242 g/mol. The highest BCUT2D eigenvalue weighted by Crippen LogP contribution is 2.50. The largest absolute Gasteiger partial charge is 0.461 e. The Morgan fingerprint density at radius 3 is 2.58 bits per heavy atom. The maximum Gasteiger partial charge on any atom is 0.360 e. The van der Waals surface area contributed by atoms with Gasteiger partial charge < -0.3 is 15.0 Å². The summed E-state index contributed by atoms with van der Waals surface area (Å²) in [6, 6.07) is 0. The van der Waals surface area contributed by atoms with Gasteiger partial charge in [-0.15, -0.1) is 0 Å². The second kappa shape index (κ2) is 5.23. The molecule has 0 bridgehead atoms. The van der Waals surface area contributed by atoms with E-state index < -0.39 is 5.97 Å². The maximum absolute atomic E-state index is 11.8. The summed E-state index contributed by atoms with van der Waals surface area (Å²) >= 11 is 0. The topological polar surface area (TPSA) is 70.1 Å². The minimum atomic E-state index is -0.421. The lowest BCUT2D eigenvalue weighted by molar-refractivity contribution is 0.0521. The molecule has 0 saturated heterocycles. The van der Waals surface area contributed by atoms with Crippen molar-refractivity contribution in [3.05, 3.63) is 11.5 Å². The monoisotopic (exact) mass is 265 g/mol. The molecule has 0 spiro atoms. The summed E-state index contributed by atoms with van der Waals surface area (Å²) in [7, 11) is 0. The van der Waals surface area contributed by atoms with Gasteiger partial charge >= 0.3 is 5.97 Å². The minimum Gasteiger partial charge on any atom is -0.461 e. The number of anilines is 1. The summed E-state index contributed by atoms with van der Waals surface area (Å²) in [4.78, 5) is 16.2. The number of rotatable bonds is 6. The van der Waals surface area contributed by atoms with E-state index in [2.05, 4.69) is 11.9 Å². The number of aromatic nitrogens is 2. The molecule has 19 heavy (non-hydrogen) atoms. The van der Waals surface area contributed by atoms with E-state index in [9.17, 15) is 4.79 Å². The fraction of sp³-hybridized carbons (Fsp3) is 0.714. The van der Waals surface area contributed by atoms with Crippen molar-refractivity contribution in [2.45, 2.75) is 53.0 Å². The number of esters is 1. The first-order valence-electron chi connectivity index (χ1n) is 7.09. The van der Waals surface area contributed by atoms with Gasteiger partial charge in [0.05, 0.1) is 6.61 Å². The van der Waals surface area contributed by atoms with Gasteiger partial charge in [-0.3, -0.25) is 0 Å². The first-order chi connectivity index (χ1) is 9.06. The average molecular weight is 265 g/mol. The summed E-state index contributed by atoms with van der Waals surface area (Å²) in [5, 5.41) is 0. The molecule has 0 atom stereocenters. The highest BCUT2D eigenvalue weighted by Gasteiger charge is 2.42. The zero-order chi connectivity index (χ0) is 14.0. The predicted molar refractivity (Wildman–Crippen MR) is 73.9 cm³/mol. The van der Waals surface area contributed by atoms with Crippen LogP contribution in [0, 0.1) is 5.41 Å². The van der Waals surface area contributed by atoms with Crippen molar-refractivity contribution < 1.29 is 9.53 Å². The third-order valence-electron chi connectivity index (χ3n) is 4.07. The van der Waals surface area contributed by atoms with E-state index in [1.165, 1.54) is 12.8 Å². The van der Waals surface area contributed by atoms with Gasteiger partial charge in [-0.25, -0.2) is 9.78 Å². The van der Waals surface area contributed by atoms with Crippen molar-refractivity contribution in [1.82, 2.24) is 9.55 Å². The first-order valence-corrected chi connectivity index (χ1v) is 7.09. The SMILES string of the molecule is CCOC(=O)c1nc(CC)n(CC2(CC)CC2)c1N. The van der Waals surface area contributed by atoms with Crippen LogP contribution in [-0.2, 0) is 17.7 Å². The number of hydrogen-bond acceptors (Lipinski definition) is 4. The lowest BCUT2D eigenvalue weighted by atomic mass is 10.0. The quantitative estimate of drug-likeness (QED) is 0.802. The number of imidazole rings is 1. The lowest BCUT2D eigenvalue weighted by Gasteiger charge is -2.16. The van der Waals surface area contributed by atoms with E-state index >= 15 is 0 Å². The lowest BCUT2D eigenvalue weighted by Crippen LogP contribution is -2.16. The Hall–Kier alpha value is -1.52. The van der Waals surface area contributed by atoms with Gasteiger partial charge in [-0.05, 0) is 31.6 Å². The first kappa shape index (κ1) is 13.9. The third kappa shape index (κ3) is 2.60. The van der Waals surface area contributed by atoms with Gasteiger partial charge in [0.1, 0.15) is 11.6 Å². The van der Waals surface area contributed by atoms with Crippen LogP contribution in [0.15, 0.2) is 0 Å². The second-order valence-electron chi connectivity index (χ2n) is 5.28. The number of carbonyl (C=O) groups is 1. The number of nitrogens with two attached hydrogens (primary N) is 1. The highest BCUT2D eigenvalue weighted by molar-refractivity contribution is 5.92. The van der Waals surface area contributed by atoms with Crippen LogP contribution in [0.5, 0.6) is 0 Å². The van der Waals surface area contributed by atoms with Crippen LogP contribution in [0.4, 0.5) is 5.82 Å². The predicted octanol–water partition coefficient (Wildman–Crippen LogP) is 2.39. The minimum absolute atomic E-state index is 0.269. The molecule has 2 N–H and O–H groups in total. The number of nitrogens with zero attached hydrogens (tertiary/aromatic N) is 2. The van der Waals surface area contributed by atoms with Crippen LogP contribution in [0.1, 0.15) is 56.3 Å². The van der Waals surface area contributed by atoms with Crippen molar-refractivity contribution >= 4 is 11.8 Å². The number of aryl methyl sites for hydroxylation is 1. The summed E-state index contributed by atoms with van der Waals surface area (Å²) < 4.78 is 7.00. The molecule has 0 amide bonds. The van der Waals surface area contributed by atoms with Gasteiger partial charge in [0.15, 0.2) is 5.69 Å². The standard InChI is InChI=1S/C14H23N3O2/c1-4-10-16-11(13(18)19-6-3)12(15)17(10)9-14(5-2)7-8-14/h4-9,15H2,1-3H3. The summed E-state index contributed by atoms with van der Waals surface area (Å²) in [5.41, 5.74) is 6.74. The van der Waals surface area contributed by atoms with Crippen LogP contribution in [0.2, 0.25) is 0 Å². The van der Waals surface area contributed by atoms with Crippen molar-refractivity contribution in [2.75, 3.05) is 12.3 Å². The van der Waals surface area contributed by atoms with Crippen molar-refractivity contribution in [3.8, 4) is 0 Å². The third-order valence-corrected chi connectivity index (χ3v) is 4.07. The molecule has 1 aliphatic carbocycles. The Kier molecular flexibility index (Phi) is 3.83. The maximum atomic E-state index is 11.8. The summed E-state index contributed by atoms with van der Waals surface area (Å²) in [6.45, 7) is 7.22. The smallest absolute Gasteiger partial charge is 0.360 e. The van der Waals surface area contributed by atoms with E-state index in [-0.39, 0.29) is 5.69 Å². The Labute approximate surface area is 114 Å². The van der Waals surface area contributed by atoms with Crippen molar-refractivity contribution in [1.29, 1.82) is 0 Å². The van der Waals surface area contributed by atoms with Crippen LogP contribution in [-0.4, -0.2) is 22.1 Å². The number of ether oxygens (including phenoxy) is 1. The Morgan fingerprint density at radius 1 is 1.42 bits per heavy atom. The van der Waals surface area contributed by atoms with Gasteiger partial charge in [0, 0.05) is 13.0 Å². The average Bonchev–Trinajstić information content (AvgIpc) is 3.11. The molecule has 0 aromatic carbocycles. The Bertz CT molecular complexity index is 475. The van der Waals surface area contributed by atoms with E-state index in [0.717, 1.165) is 25.2 Å². The number of nitrogen functional groups attached to an aromatic ring is 1. The zero-order valence-electron chi connectivity index (χ0n) is 12.0. The van der Waals surface area contributed by atoms with E-state index in [1.807, 2.05) is 11.5 Å². The molecule has 2 rings (SSSR count). The van der Waals surface area contributed by atoms with Crippen LogP contribution < -0.4 is 5.73 Å². The normalized spacial score (nSPS) is 16.4. The van der Waals surface area contributed by atoms with E-state index in [1.54, 1.807) is 6.92 Å². The molecule has 1 aromatic rings. The molecule has 0 aliphatic heterocycles. The Balaban J connectivity index is 2.29. The molecule has 106 valence electrons. The van der Waals surface area contributed by atoms with Crippen LogP contribution in [0.25, 0.3) is 0 Å². The fourth-order valence-corrected chi connectivity index (χ4v) is 2.45. The molecule has 5 nitrogen and oxygen atoms in total. The van der Waals surface area contributed by atoms with Gasteiger partial charge in [0.2, 0.25) is 0 Å². The molecule has 1 heterocycles. The van der Waals surface area contributed by atoms with E-state index in [4.69, 9.17) is 10.5 Å². The van der Waals surface area contributed by atoms with Crippen molar-refractivity contribution in [2.24, 2.45) is 5.41 Å². The molecule has 1 fully saturated rings. The zero-order valence-corrected chi connectivity index (χ0v) is 12.0. The molecule has 1 saturated carbocycles. The number of carbonyl (C=O) groups excluding carboxylic acids is 1. The Morgan fingerprint density at radius 2 is 2.11 bits per heavy atom. The fourth-order valence-electron chi connectivity index (χ4n) is 2.45. The van der Waals surface area contributed by atoms with Crippen LogP contribution >= 0.6 is 0 Å². The van der Waals surface area contributed by atoms with E-state index in [0.29, 0.717) is 17.8 Å². The molecular formula is C14H23N3O2. The van der Waals surface area contributed by atoms with Gasteiger partial charge in [-0.1, -0.05) is 13.8 Å². The molecule has 0 unspecified atom stereocenters. The molecule has 1 aromatic heterocycles. The molecule has 5 heteroatoms. The van der Waals surface area contributed by atoms with Gasteiger partial charge in [-0.2, -0.15) is 0 Å². The van der Waals surface area contributed by atoms with Crippen LogP contribution in [0.3, 0.4) is 0 Å². The second-order valence-corrected chi connectivity index (χ2v) is 5.28.